The summed E-state index contributed by atoms with van der Waals surface area (Å²) in [6, 6.07) is 13.6. The number of fused-ring (bicyclic) bond motifs is 1. The first kappa shape index (κ1) is 25.6. The number of hydrogen-bond acceptors (Lipinski definition) is 4. The number of aromatic nitrogens is 1. The number of rotatable bonds is 6. The van der Waals surface area contributed by atoms with E-state index in [0.717, 1.165) is 71.6 Å². The highest BCUT2D eigenvalue weighted by Gasteiger charge is 2.35. The number of carbonyl (C=O) groups is 3. The number of aryl methyl sites for hydroxylation is 1. The van der Waals surface area contributed by atoms with Gasteiger partial charge in [0.1, 0.15) is 6.54 Å². The van der Waals surface area contributed by atoms with E-state index < -0.39 is 0 Å². The van der Waals surface area contributed by atoms with Crippen molar-refractivity contribution in [1.29, 1.82) is 0 Å². The Labute approximate surface area is 226 Å². The Kier molecular flexibility index (Phi) is 7.45. The fourth-order valence-electron chi connectivity index (χ4n) is 5.27. The number of para-hydroxylation sites is 1. The van der Waals surface area contributed by atoms with Crippen molar-refractivity contribution < 1.29 is 14.4 Å². The van der Waals surface area contributed by atoms with E-state index in [4.69, 9.17) is 11.6 Å². The van der Waals surface area contributed by atoms with Crippen molar-refractivity contribution in [3.05, 3.63) is 75.3 Å². The van der Waals surface area contributed by atoms with Crippen LogP contribution in [0.3, 0.4) is 0 Å². The molecule has 2 saturated heterocycles. The molecule has 6 nitrogen and oxygen atoms in total. The number of nitrogens with zero attached hydrogens (tertiary/aromatic N) is 3. The zero-order chi connectivity index (χ0) is 26.1. The van der Waals surface area contributed by atoms with E-state index in [9.17, 15) is 14.4 Å². The number of thioether (sulfide) groups is 1. The first-order valence-electron chi connectivity index (χ1n) is 12.8. The maximum atomic E-state index is 13.3. The Morgan fingerprint density at radius 1 is 1.11 bits per heavy atom. The van der Waals surface area contributed by atoms with Gasteiger partial charge in [0.25, 0.3) is 11.1 Å². The Morgan fingerprint density at radius 3 is 2.65 bits per heavy atom. The molecule has 1 atom stereocenters. The molecule has 192 valence electrons. The van der Waals surface area contributed by atoms with Crippen LogP contribution < -0.4 is 0 Å². The topological polar surface area (TPSA) is 62.6 Å². The van der Waals surface area contributed by atoms with Crippen molar-refractivity contribution in [2.45, 2.75) is 58.7 Å². The summed E-state index contributed by atoms with van der Waals surface area (Å²) in [6.07, 6.45) is 7.78. The molecule has 2 aliphatic heterocycles. The van der Waals surface area contributed by atoms with Crippen LogP contribution in [0.15, 0.2) is 53.6 Å². The number of hydrogen-bond donors (Lipinski definition) is 0. The van der Waals surface area contributed by atoms with E-state index in [0.29, 0.717) is 9.93 Å². The standard InChI is InChI=1S/C29H30ClN3O3S/c1-3-20-11-8-12-23-22(16-31(27(20)23)18-26(34)32-14-7-6-9-19(32)2)15-25-28(35)33(29(36)37-25)17-21-10-4-5-13-24(21)30/h4-5,8,10-13,15-16,19H,3,6-7,9,14,17-18H2,1-2H3/b25-15-/t19-/m0/s1. The van der Waals surface area contributed by atoms with Crippen LogP contribution in [0.1, 0.15) is 49.8 Å². The summed E-state index contributed by atoms with van der Waals surface area (Å²) in [5.74, 6) is -0.220. The number of benzene rings is 2. The van der Waals surface area contributed by atoms with Crippen LogP contribution in [0, 0.1) is 0 Å². The van der Waals surface area contributed by atoms with Crippen molar-refractivity contribution in [3.8, 4) is 0 Å². The van der Waals surface area contributed by atoms with Crippen LogP contribution in [0.25, 0.3) is 17.0 Å². The normalized spacial score (nSPS) is 19.4. The summed E-state index contributed by atoms with van der Waals surface area (Å²) in [4.78, 5) is 42.9. The van der Waals surface area contributed by atoms with E-state index in [2.05, 4.69) is 19.9 Å². The van der Waals surface area contributed by atoms with Crippen LogP contribution in [0.2, 0.25) is 5.02 Å². The minimum Gasteiger partial charge on any atom is -0.338 e. The third-order valence-corrected chi connectivity index (χ3v) is 8.55. The number of carbonyl (C=O) groups excluding carboxylic acids is 3. The largest absolute Gasteiger partial charge is 0.338 e. The molecule has 0 unspecified atom stereocenters. The molecular formula is C29H30ClN3O3S. The summed E-state index contributed by atoms with van der Waals surface area (Å²) < 4.78 is 2.01. The maximum Gasteiger partial charge on any atom is 0.293 e. The van der Waals surface area contributed by atoms with Crippen molar-refractivity contribution in [1.82, 2.24) is 14.4 Å². The quantitative estimate of drug-likeness (QED) is 0.338. The molecule has 2 aliphatic rings. The summed E-state index contributed by atoms with van der Waals surface area (Å²) in [5.41, 5.74) is 3.70. The van der Waals surface area contributed by atoms with Crippen LogP contribution in [-0.2, 0) is 29.1 Å². The smallest absolute Gasteiger partial charge is 0.293 e. The lowest BCUT2D eigenvalue weighted by Gasteiger charge is -2.33. The van der Waals surface area contributed by atoms with Crippen LogP contribution >= 0.6 is 23.4 Å². The van der Waals surface area contributed by atoms with Gasteiger partial charge in [-0.1, -0.05) is 54.9 Å². The first-order chi connectivity index (χ1) is 17.9. The Balaban J connectivity index is 1.47. The second kappa shape index (κ2) is 10.8. The number of piperidine rings is 1. The molecule has 0 spiro atoms. The number of amides is 3. The van der Waals surface area contributed by atoms with E-state index in [1.807, 2.05) is 46.0 Å². The van der Waals surface area contributed by atoms with Gasteiger partial charge in [0.2, 0.25) is 5.91 Å². The minimum absolute atomic E-state index is 0.113. The zero-order valence-corrected chi connectivity index (χ0v) is 22.6. The molecule has 8 heteroatoms. The van der Waals surface area contributed by atoms with Crippen molar-refractivity contribution in [2.75, 3.05) is 6.54 Å². The van der Waals surface area contributed by atoms with E-state index in [1.54, 1.807) is 12.1 Å². The van der Waals surface area contributed by atoms with E-state index in [-0.39, 0.29) is 36.2 Å². The first-order valence-corrected chi connectivity index (χ1v) is 14.0. The van der Waals surface area contributed by atoms with Gasteiger partial charge >= 0.3 is 0 Å². The van der Waals surface area contributed by atoms with Gasteiger partial charge in [0, 0.05) is 34.8 Å². The van der Waals surface area contributed by atoms with Gasteiger partial charge in [0.15, 0.2) is 0 Å². The molecule has 3 amide bonds. The Morgan fingerprint density at radius 2 is 1.89 bits per heavy atom. The summed E-state index contributed by atoms with van der Waals surface area (Å²) >= 11 is 7.20. The highest BCUT2D eigenvalue weighted by Crippen LogP contribution is 2.36. The van der Waals surface area contributed by atoms with Crippen molar-refractivity contribution >= 4 is 57.4 Å². The van der Waals surface area contributed by atoms with Crippen LogP contribution in [0.5, 0.6) is 0 Å². The number of imide groups is 1. The predicted molar refractivity (Wildman–Crippen MR) is 149 cm³/mol. The maximum absolute atomic E-state index is 13.3. The molecule has 5 rings (SSSR count). The third-order valence-electron chi connectivity index (χ3n) is 7.27. The summed E-state index contributed by atoms with van der Waals surface area (Å²) in [7, 11) is 0. The van der Waals surface area contributed by atoms with Crippen molar-refractivity contribution in [2.24, 2.45) is 0 Å². The van der Waals surface area contributed by atoms with Gasteiger partial charge in [-0.3, -0.25) is 19.3 Å². The predicted octanol–water partition coefficient (Wildman–Crippen LogP) is 6.49. The summed E-state index contributed by atoms with van der Waals surface area (Å²) in [5, 5.41) is 1.17. The molecule has 3 heterocycles. The van der Waals surface area contributed by atoms with Gasteiger partial charge in [-0.2, -0.15) is 0 Å². The lowest BCUT2D eigenvalue weighted by atomic mass is 10.0. The highest BCUT2D eigenvalue weighted by atomic mass is 35.5. The monoisotopic (exact) mass is 535 g/mol. The van der Waals surface area contributed by atoms with Crippen molar-refractivity contribution in [3.63, 3.8) is 0 Å². The fourth-order valence-corrected chi connectivity index (χ4v) is 6.29. The van der Waals surface area contributed by atoms with Crippen LogP contribution in [-0.4, -0.2) is 44.0 Å². The van der Waals surface area contributed by atoms with Gasteiger partial charge in [-0.15, -0.1) is 0 Å². The SMILES string of the molecule is CCc1cccc2c(/C=C3\SC(=O)N(Cc4ccccc4Cl)C3=O)cn(CC(=O)N3CCCC[C@@H]3C)c12. The molecule has 0 N–H and O–H groups in total. The number of halogens is 1. The van der Waals surface area contributed by atoms with Gasteiger partial charge < -0.3 is 9.47 Å². The fraction of sp³-hybridized carbons (Fsp3) is 0.345. The van der Waals surface area contributed by atoms with Gasteiger partial charge in [-0.25, -0.2) is 0 Å². The Bertz CT molecular complexity index is 1410. The molecule has 0 saturated carbocycles. The lowest BCUT2D eigenvalue weighted by Crippen LogP contribution is -2.43. The lowest BCUT2D eigenvalue weighted by molar-refractivity contribution is -0.135. The molecule has 0 radical (unpaired) electrons. The minimum atomic E-state index is -0.333. The molecule has 0 bridgehead atoms. The molecule has 37 heavy (non-hydrogen) atoms. The number of likely N-dealkylation sites (tertiary alicyclic amines) is 1. The second-order valence-electron chi connectivity index (χ2n) is 9.67. The van der Waals surface area contributed by atoms with E-state index in [1.165, 1.54) is 4.90 Å². The van der Waals surface area contributed by atoms with Gasteiger partial charge in [-0.05, 0) is 67.6 Å². The van der Waals surface area contributed by atoms with Gasteiger partial charge in [0.05, 0.1) is 17.0 Å². The molecule has 2 aromatic carbocycles. The van der Waals surface area contributed by atoms with E-state index >= 15 is 0 Å². The molecule has 2 fully saturated rings. The summed E-state index contributed by atoms with van der Waals surface area (Å²) in [6.45, 7) is 5.39. The molecule has 3 aromatic rings. The average molecular weight is 536 g/mol. The van der Waals surface area contributed by atoms with Crippen LogP contribution in [0.4, 0.5) is 4.79 Å². The molecular weight excluding hydrogens is 506 g/mol. The highest BCUT2D eigenvalue weighted by molar-refractivity contribution is 8.18. The molecule has 1 aromatic heterocycles. The second-order valence-corrected chi connectivity index (χ2v) is 11.1. The third kappa shape index (κ3) is 5.07. The Hall–Kier alpha value is -3.03. The molecule has 0 aliphatic carbocycles. The average Bonchev–Trinajstić information content (AvgIpc) is 3.37. The zero-order valence-electron chi connectivity index (χ0n) is 21.1.